The summed E-state index contributed by atoms with van der Waals surface area (Å²) < 4.78 is 5.07. The first-order valence-electron chi connectivity index (χ1n) is 8.57. The van der Waals surface area contributed by atoms with Crippen molar-refractivity contribution >= 4 is 41.3 Å². The van der Waals surface area contributed by atoms with Crippen molar-refractivity contribution in [3.8, 4) is 0 Å². The van der Waals surface area contributed by atoms with Crippen LogP contribution in [-0.4, -0.2) is 35.8 Å². The molecule has 0 bridgehead atoms. The molecule has 0 heterocycles. The molecule has 8 heteroatoms. The van der Waals surface area contributed by atoms with Crippen LogP contribution in [0.2, 0.25) is 5.02 Å². The predicted molar refractivity (Wildman–Crippen MR) is 102 cm³/mol. The van der Waals surface area contributed by atoms with Gasteiger partial charge >= 0.3 is 12.0 Å². The van der Waals surface area contributed by atoms with Gasteiger partial charge in [-0.05, 0) is 31.4 Å². The van der Waals surface area contributed by atoms with Crippen LogP contribution >= 0.6 is 23.4 Å². The van der Waals surface area contributed by atoms with E-state index in [1.807, 2.05) is 18.2 Å². The third kappa shape index (κ3) is 6.88. The number of thioether (sulfide) groups is 1. The molecule has 0 aliphatic heterocycles. The van der Waals surface area contributed by atoms with E-state index in [4.69, 9.17) is 16.3 Å². The van der Waals surface area contributed by atoms with E-state index in [1.54, 1.807) is 6.07 Å². The summed E-state index contributed by atoms with van der Waals surface area (Å²) in [4.78, 5) is 35.5. The molecule has 2 N–H and O–H groups in total. The van der Waals surface area contributed by atoms with E-state index in [0.717, 1.165) is 31.2 Å². The molecule has 1 fully saturated rings. The van der Waals surface area contributed by atoms with E-state index >= 15 is 0 Å². The minimum absolute atomic E-state index is 0.0944. The highest BCUT2D eigenvalue weighted by Crippen LogP contribution is 2.21. The SMILES string of the molecule is C[C@H](OC(=O)CSCc1ccccc1Cl)C(=O)NC(=O)NC1CCCC1. The molecule has 1 aromatic carbocycles. The number of carbonyl (C=O) groups is 3. The molecule has 0 radical (unpaired) electrons. The Labute approximate surface area is 162 Å². The summed E-state index contributed by atoms with van der Waals surface area (Å²) >= 11 is 7.40. The van der Waals surface area contributed by atoms with E-state index in [1.165, 1.54) is 18.7 Å². The predicted octanol–water partition coefficient (Wildman–Crippen LogP) is 3.27. The van der Waals surface area contributed by atoms with Crippen LogP contribution in [0.3, 0.4) is 0 Å². The Bertz CT molecular complexity index is 650. The van der Waals surface area contributed by atoms with Crippen molar-refractivity contribution in [1.82, 2.24) is 10.6 Å². The van der Waals surface area contributed by atoms with Crippen molar-refractivity contribution in [2.75, 3.05) is 5.75 Å². The van der Waals surface area contributed by atoms with Crippen LogP contribution in [0.15, 0.2) is 24.3 Å². The maximum absolute atomic E-state index is 11.9. The van der Waals surface area contributed by atoms with Gasteiger partial charge in [0.05, 0.1) is 5.75 Å². The van der Waals surface area contributed by atoms with Gasteiger partial charge in [0.2, 0.25) is 0 Å². The molecule has 1 saturated carbocycles. The quantitative estimate of drug-likeness (QED) is 0.688. The zero-order valence-electron chi connectivity index (χ0n) is 14.6. The number of hydrogen-bond donors (Lipinski definition) is 2. The van der Waals surface area contributed by atoms with Crippen LogP contribution in [0.25, 0.3) is 0 Å². The number of imide groups is 1. The number of halogens is 1. The normalized spacial score (nSPS) is 15.3. The molecule has 1 aliphatic rings. The Morgan fingerprint density at radius 3 is 2.65 bits per heavy atom. The fourth-order valence-electron chi connectivity index (χ4n) is 2.65. The second-order valence-corrected chi connectivity index (χ2v) is 7.55. The molecule has 0 aromatic heterocycles. The first kappa shape index (κ1) is 20.6. The van der Waals surface area contributed by atoms with Gasteiger partial charge in [-0.25, -0.2) is 4.79 Å². The molecule has 3 amide bonds. The molecule has 0 unspecified atom stereocenters. The van der Waals surface area contributed by atoms with Gasteiger partial charge in [0, 0.05) is 16.8 Å². The highest BCUT2D eigenvalue weighted by molar-refractivity contribution is 7.99. The lowest BCUT2D eigenvalue weighted by Gasteiger charge is -2.15. The highest BCUT2D eigenvalue weighted by atomic mass is 35.5. The minimum Gasteiger partial charge on any atom is -0.452 e. The van der Waals surface area contributed by atoms with Crippen molar-refractivity contribution in [1.29, 1.82) is 0 Å². The fourth-order valence-corrected chi connectivity index (χ4v) is 3.74. The van der Waals surface area contributed by atoms with E-state index in [2.05, 4.69) is 10.6 Å². The lowest BCUT2D eigenvalue weighted by molar-refractivity contribution is -0.151. The summed E-state index contributed by atoms with van der Waals surface area (Å²) in [5.74, 6) is -0.484. The van der Waals surface area contributed by atoms with Crippen molar-refractivity contribution in [2.24, 2.45) is 0 Å². The van der Waals surface area contributed by atoms with Gasteiger partial charge in [-0.3, -0.25) is 14.9 Å². The summed E-state index contributed by atoms with van der Waals surface area (Å²) in [5, 5.41) is 5.61. The van der Waals surface area contributed by atoms with E-state index in [9.17, 15) is 14.4 Å². The Balaban J connectivity index is 1.66. The Kier molecular flexibility index (Phi) is 8.25. The lowest BCUT2D eigenvalue weighted by Crippen LogP contribution is -2.47. The van der Waals surface area contributed by atoms with Gasteiger partial charge in [0.15, 0.2) is 6.10 Å². The van der Waals surface area contributed by atoms with Crippen molar-refractivity contribution in [2.45, 2.75) is 50.5 Å². The van der Waals surface area contributed by atoms with Gasteiger partial charge in [0.1, 0.15) is 0 Å². The number of nitrogens with one attached hydrogen (secondary N) is 2. The number of rotatable bonds is 7. The lowest BCUT2D eigenvalue weighted by atomic mass is 10.2. The second-order valence-electron chi connectivity index (χ2n) is 6.16. The molecule has 0 saturated heterocycles. The standard InChI is InChI=1S/C18H23ClN2O4S/c1-12(17(23)21-18(24)20-14-7-3-4-8-14)25-16(22)11-26-10-13-6-2-5-9-15(13)19/h2,5-6,9,12,14H,3-4,7-8,10-11H2,1H3,(H2,20,21,23,24)/t12-/m0/s1. The summed E-state index contributed by atoms with van der Waals surface area (Å²) in [7, 11) is 0. The number of ether oxygens (including phenoxy) is 1. The van der Waals surface area contributed by atoms with Crippen molar-refractivity contribution in [3.05, 3.63) is 34.9 Å². The number of benzene rings is 1. The van der Waals surface area contributed by atoms with E-state index in [-0.39, 0.29) is 11.8 Å². The van der Waals surface area contributed by atoms with Crippen LogP contribution in [0.5, 0.6) is 0 Å². The minimum atomic E-state index is -1.03. The third-order valence-corrected chi connectivity index (χ3v) is 5.36. The van der Waals surface area contributed by atoms with Gasteiger partial charge in [0.25, 0.3) is 5.91 Å². The zero-order chi connectivity index (χ0) is 18.9. The fraction of sp³-hybridized carbons (Fsp3) is 0.500. The van der Waals surface area contributed by atoms with E-state index in [0.29, 0.717) is 10.8 Å². The van der Waals surface area contributed by atoms with Gasteiger partial charge in [-0.1, -0.05) is 42.6 Å². The average Bonchev–Trinajstić information content (AvgIpc) is 3.09. The molecule has 142 valence electrons. The second kappa shape index (κ2) is 10.4. The van der Waals surface area contributed by atoms with Crippen LogP contribution < -0.4 is 10.6 Å². The molecule has 1 aromatic rings. The molecule has 0 spiro atoms. The van der Waals surface area contributed by atoms with Crippen LogP contribution in [0.4, 0.5) is 4.79 Å². The number of carbonyl (C=O) groups excluding carboxylic acids is 3. The van der Waals surface area contributed by atoms with Crippen molar-refractivity contribution in [3.63, 3.8) is 0 Å². The summed E-state index contributed by atoms with van der Waals surface area (Å²) in [6.07, 6.45) is 2.99. The first-order chi connectivity index (χ1) is 12.5. The Morgan fingerprint density at radius 2 is 1.96 bits per heavy atom. The molecule has 26 heavy (non-hydrogen) atoms. The van der Waals surface area contributed by atoms with Crippen LogP contribution in [0.1, 0.15) is 38.2 Å². The topological polar surface area (TPSA) is 84.5 Å². The van der Waals surface area contributed by atoms with Gasteiger partial charge < -0.3 is 10.1 Å². The van der Waals surface area contributed by atoms with Crippen LogP contribution in [-0.2, 0) is 20.1 Å². The molecule has 1 atom stereocenters. The number of hydrogen-bond acceptors (Lipinski definition) is 5. The molecular formula is C18H23ClN2O4S. The number of amides is 3. The third-order valence-electron chi connectivity index (χ3n) is 4.04. The van der Waals surface area contributed by atoms with Gasteiger partial charge in [-0.2, -0.15) is 0 Å². The first-order valence-corrected chi connectivity index (χ1v) is 10.1. The summed E-state index contributed by atoms with van der Waals surface area (Å²) in [6, 6.07) is 6.97. The van der Waals surface area contributed by atoms with E-state index < -0.39 is 24.0 Å². The molecule has 6 nitrogen and oxygen atoms in total. The number of urea groups is 1. The van der Waals surface area contributed by atoms with Crippen LogP contribution in [0, 0.1) is 0 Å². The molecule has 2 rings (SSSR count). The molecular weight excluding hydrogens is 376 g/mol. The van der Waals surface area contributed by atoms with Gasteiger partial charge in [-0.15, -0.1) is 11.8 Å². The highest BCUT2D eigenvalue weighted by Gasteiger charge is 2.22. The molecule has 1 aliphatic carbocycles. The number of esters is 1. The maximum Gasteiger partial charge on any atom is 0.321 e. The smallest absolute Gasteiger partial charge is 0.321 e. The zero-order valence-corrected chi connectivity index (χ0v) is 16.2. The maximum atomic E-state index is 11.9. The summed E-state index contributed by atoms with van der Waals surface area (Å²) in [5.41, 5.74) is 0.932. The monoisotopic (exact) mass is 398 g/mol. The summed E-state index contributed by atoms with van der Waals surface area (Å²) in [6.45, 7) is 1.44. The Morgan fingerprint density at radius 1 is 1.27 bits per heavy atom. The van der Waals surface area contributed by atoms with Crippen molar-refractivity contribution < 1.29 is 19.1 Å². The Hall–Kier alpha value is -1.73. The average molecular weight is 399 g/mol. The largest absolute Gasteiger partial charge is 0.452 e.